The number of pyridine rings is 1. The summed E-state index contributed by atoms with van der Waals surface area (Å²) in [4.78, 5) is 21.5. The molecule has 28 heavy (non-hydrogen) atoms. The second kappa shape index (κ2) is 8.41. The lowest BCUT2D eigenvalue weighted by Crippen LogP contribution is -2.14. The molecule has 148 valence electrons. The highest BCUT2D eigenvalue weighted by Crippen LogP contribution is 2.28. The second-order valence-corrected chi connectivity index (χ2v) is 7.77. The number of carbonyl (C=O) groups excluding carboxylic acids is 1. The van der Waals surface area contributed by atoms with E-state index in [4.69, 9.17) is 16.3 Å². The average molecular weight is 401 g/mol. The summed E-state index contributed by atoms with van der Waals surface area (Å²) in [5, 5.41) is 10.9. The van der Waals surface area contributed by atoms with Crippen molar-refractivity contribution < 1.29 is 14.6 Å². The Morgan fingerprint density at radius 3 is 2.71 bits per heavy atom. The molecule has 1 aliphatic rings. The van der Waals surface area contributed by atoms with Crippen LogP contribution in [0.5, 0.6) is 0 Å². The summed E-state index contributed by atoms with van der Waals surface area (Å²) in [6.07, 6.45) is -0.117. The molecular formula is C22H25ClN2O3. The van der Waals surface area contributed by atoms with E-state index in [1.54, 1.807) is 14.0 Å². The van der Waals surface area contributed by atoms with Gasteiger partial charge in [0.05, 0.1) is 31.0 Å². The number of ketones is 1. The summed E-state index contributed by atoms with van der Waals surface area (Å²) < 4.78 is 5.29. The summed E-state index contributed by atoms with van der Waals surface area (Å²) in [7, 11) is 1.55. The molecule has 2 aromatic rings. The first kappa shape index (κ1) is 20.5. The summed E-state index contributed by atoms with van der Waals surface area (Å²) in [5.41, 5.74) is 4.96. The van der Waals surface area contributed by atoms with Gasteiger partial charge in [0.2, 0.25) is 5.90 Å². The molecule has 0 fully saturated rings. The van der Waals surface area contributed by atoms with Crippen LogP contribution < -0.4 is 0 Å². The van der Waals surface area contributed by atoms with Crippen LogP contribution in [0.1, 0.15) is 65.9 Å². The Morgan fingerprint density at radius 1 is 1.32 bits per heavy atom. The van der Waals surface area contributed by atoms with Crippen molar-refractivity contribution in [2.45, 2.75) is 52.2 Å². The maximum atomic E-state index is 12.7. The first-order valence-electron chi connectivity index (χ1n) is 9.37. The number of hydrogen-bond donors (Lipinski definition) is 1. The third kappa shape index (κ3) is 4.26. The summed E-state index contributed by atoms with van der Waals surface area (Å²) in [6, 6.07) is 7.77. The van der Waals surface area contributed by atoms with Crippen LogP contribution in [-0.2, 0) is 22.5 Å². The summed E-state index contributed by atoms with van der Waals surface area (Å²) in [5.74, 6) is 0.690. The number of aliphatic hydroxyl groups is 1. The van der Waals surface area contributed by atoms with Gasteiger partial charge < -0.3 is 9.84 Å². The molecule has 1 aromatic carbocycles. The smallest absolute Gasteiger partial charge is 0.218 e. The number of benzene rings is 1. The van der Waals surface area contributed by atoms with Gasteiger partial charge in [-0.2, -0.15) is 0 Å². The monoisotopic (exact) mass is 400 g/mol. The van der Waals surface area contributed by atoms with E-state index in [1.807, 2.05) is 38.1 Å². The van der Waals surface area contributed by atoms with Crippen molar-refractivity contribution in [3.8, 4) is 0 Å². The Labute approximate surface area is 170 Å². The first-order valence-corrected chi connectivity index (χ1v) is 9.75. The van der Waals surface area contributed by atoms with Gasteiger partial charge in [0.25, 0.3) is 0 Å². The second-order valence-electron chi connectivity index (χ2n) is 7.36. The maximum Gasteiger partial charge on any atom is 0.218 e. The topological polar surface area (TPSA) is 71.8 Å². The van der Waals surface area contributed by atoms with Gasteiger partial charge >= 0.3 is 0 Å². The highest BCUT2D eigenvalue weighted by Gasteiger charge is 2.25. The largest absolute Gasteiger partial charge is 0.481 e. The molecular weight excluding hydrogens is 376 g/mol. The van der Waals surface area contributed by atoms with Crippen molar-refractivity contribution in [1.82, 2.24) is 4.98 Å². The van der Waals surface area contributed by atoms with Crippen LogP contribution in [0.2, 0.25) is 5.02 Å². The number of aryl methyl sites for hydroxylation is 1. The molecule has 0 radical (unpaired) electrons. The third-order valence-electron chi connectivity index (χ3n) is 5.04. The van der Waals surface area contributed by atoms with E-state index >= 15 is 0 Å². The highest BCUT2D eigenvalue weighted by molar-refractivity contribution is 6.31. The molecule has 2 heterocycles. The van der Waals surface area contributed by atoms with Crippen LogP contribution in [0.4, 0.5) is 0 Å². The average Bonchev–Trinajstić information content (AvgIpc) is 3.05. The fraction of sp³-hybridized carbons (Fsp3) is 0.409. The van der Waals surface area contributed by atoms with Gasteiger partial charge in [-0.05, 0) is 48.6 Å². The zero-order valence-electron chi connectivity index (χ0n) is 16.6. The van der Waals surface area contributed by atoms with Crippen LogP contribution in [0.3, 0.4) is 0 Å². The first-order chi connectivity index (χ1) is 13.3. The zero-order chi connectivity index (χ0) is 20.4. The summed E-state index contributed by atoms with van der Waals surface area (Å²) >= 11 is 6.09. The minimum absolute atomic E-state index is 0.0950. The Balaban J connectivity index is 1.76. The molecule has 0 aliphatic carbocycles. The van der Waals surface area contributed by atoms with Crippen molar-refractivity contribution in [3.05, 3.63) is 62.9 Å². The molecule has 0 bridgehead atoms. The highest BCUT2D eigenvalue weighted by atomic mass is 35.5. The lowest BCUT2D eigenvalue weighted by atomic mass is 9.93. The fourth-order valence-corrected chi connectivity index (χ4v) is 3.67. The predicted molar refractivity (Wildman–Crippen MR) is 110 cm³/mol. The number of ether oxygens (including phenoxy) is 1. The van der Waals surface area contributed by atoms with E-state index in [9.17, 15) is 9.90 Å². The Hall–Kier alpha value is -2.24. The molecule has 6 heteroatoms. The van der Waals surface area contributed by atoms with E-state index in [0.717, 1.165) is 27.3 Å². The van der Waals surface area contributed by atoms with Gasteiger partial charge in [-0.1, -0.05) is 30.7 Å². The Morgan fingerprint density at radius 2 is 2.07 bits per heavy atom. The van der Waals surface area contributed by atoms with E-state index in [0.29, 0.717) is 30.3 Å². The number of carbonyl (C=O) groups is 1. The zero-order valence-corrected chi connectivity index (χ0v) is 17.4. The maximum absolute atomic E-state index is 12.7. The fourth-order valence-electron chi connectivity index (χ4n) is 3.56. The summed E-state index contributed by atoms with van der Waals surface area (Å²) in [6.45, 7) is 6.13. The van der Waals surface area contributed by atoms with Gasteiger partial charge in [0, 0.05) is 23.6 Å². The number of rotatable bonds is 6. The van der Waals surface area contributed by atoms with Gasteiger partial charge in [0.15, 0.2) is 0 Å². The molecule has 0 amide bonds. The van der Waals surface area contributed by atoms with Crippen molar-refractivity contribution in [3.63, 3.8) is 0 Å². The lowest BCUT2D eigenvalue weighted by molar-refractivity contribution is -0.118. The molecule has 0 saturated carbocycles. The SMILES string of the molecule is COC1=NCc2cc(CC(=O)C[C@H](C)c3ccc(Cl)c(C)c3)nc([C@H](C)O)c21. The van der Waals surface area contributed by atoms with Crippen molar-refractivity contribution in [2.24, 2.45) is 4.99 Å². The van der Waals surface area contributed by atoms with Crippen LogP contribution in [0.15, 0.2) is 29.3 Å². The van der Waals surface area contributed by atoms with Gasteiger partial charge in [-0.15, -0.1) is 0 Å². The lowest BCUT2D eigenvalue weighted by Gasteiger charge is -2.15. The molecule has 1 aromatic heterocycles. The normalized spacial score (nSPS) is 15.0. The number of aliphatic imine (C=N–C) groups is 1. The molecule has 0 saturated heterocycles. The van der Waals surface area contributed by atoms with E-state index in [1.165, 1.54) is 0 Å². The number of halogens is 1. The van der Waals surface area contributed by atoms with E-state index in [2.05, 4.69) is 9.98 Å². The molecule has 5 nitrogen and oxygen atoms in total. The van der Waals surface area contributed by atoms with E-state index in [-0.39, 0.29) is 18.1 Å². The third-order valence-corrected chi connectivity index (χ3v) is 5.47. The van der Waals surface area contributed by atoms with Gasteiger partial charge in [-0.3, -0.25) is 9.78 Å². The van der Waals surface area contributed by atoms with Crippen molar-refractivity contribution in [2.75, 3.05) is 7.11 Å². The molecule has 1 aliphatic heterocycles. The molecule has 3 rings (SSSR count). The van der Waals surface area contributed by atoms with Crippen LogP contribution >= 0.6 is 11.6 Å². The molecule has 2 atom stereocenters. The number of aromatic nitrogens is 1. The number of fused-ring (bicyclic) bond motifs is 1. The quantitative estimate of drug-likeness (QED) is 0.784. The van der Waals surface area contributed by atoms with Crippen LogP contribution in [0, 0.1) is 6.92 Å². The molecule has 0 unspecified atom stereocenters. The van der Waals surface area contributed by atoms with E-state index < -0.39 is 6.10 Å². The predicted octanol–water partition coefficient (Wildman–Crippen LogP) is 4.31. The standard InChI is InChI=1S/C22H25ClN2O3/c1-12(15-5-6-19(23)13(2)7-15)8-18(27)10-17-9-16-11-24-22(28-4)20(16)21(25-17)14(3)26/h5-7,9,12,14,26H,8,10-11H2,1-4H3/t12-,14-/m0/s1. The Bertz CT molecular complexity index is 938. The van der Waals surface area contributed by atoms with Crippen LogP contribution in [0.25, 0.3) is 0 Å². The van der Waals surface area contributed by atoms with Crippen molar-refractivity contribution >= 4 is 23.3 Å². The number of nitrogens with zero attached hydrogens (tertiary/aromatic N) is 2. The number of hydrogen-bond acceptors (Lipinski definition) is 5. The number of Topliss-reactive ketones (excluding diaryl/α,β-unsaturated/α-hetero) is 1. The minimum atomic E-state index is -0.766. The molecule has 1 N–H and O–H groups in total. The van der Waals surface area contributed by atoms with Crippen LogP contribution in [-0.4, -0.2) is 28.9 Å². The molecule has 0 spiro atoms. The van der Waals surface area contributed by atoms with Crippen molar-refractivity contribution in [1.29, 1.82) is 0 Å². The minimum Gasteiger partial charge on any atom is -0.481 e. The van der Waals surface area contributed by atoms with Gasteiger partial charge in [-0.25, -0.2) is 4.99 Å². The Kier molecular flexibility index (Phi) is 6.16. The number of methoxy groups -OCH3 is 1. The number of aliphatic hydroxyl groups excluding tert-OH is 1. The van der Waals surface area contributed by atoms with Gasteiger partial charge in [0.1, 0.15) is 5.78 Å².